The molecule has 1 N–H and O–H groups in total. The van der Waals surface area contributed by atoms with E-state index in [0.717, 1.165) is 12.5 Å². The van der Waals surface area contributed by atoms with Gasteiger partial charge in [0, 0.05) is 15.8 Å². The van der Waals surface area contributed by atoms with Gasteiger partial charge >= 0.3 is 0 Å². The van der Waals surface area contributed by atoms with Gasteiger partial charge in [-0.05, 0) is 71.4 Å². The molecule has 17 heavy (non-hydrogen) atoms. The van der Waals surface area contributed by atoms with Crippen molar-refractivity contribution >= 4 is 11.3 Å². The Morgan fingerprint density at radius 1 is 1.47 bits per heavy atom. The fourth-order valence-electron chi connectivity index (χ4n) is 3.17. The van der Waals surface area contributed by atoms with Crippen LogP contribution in [-0.2, 0) is 0 Å². The lowest BCUT2D eigenvalue weighted by Gasteiger charge is -2.39. The molecule has 0 aromatic carbocycles. The van der Waals surface area contributed by atoms with E-state index in [1.165, 1.54) is 29.1 Å². The molecule has 1 saturated heterocycles. The average molecular weight is 252 g/mol. The zero-order valence-corrected chi connectivity index (χ0v) is 12.2. The Balaban J connectivity index is 2.27. The number of piperidine rings is 1. The van der Waals surface area contributed by atoms with E-state index >= 15 is 0 Å². The van der Waals surface area contributed by atoms with Crippen LogP contribution in [0.15, 0.2) is 6.07 Å². The monoisotopic (exact) mass is 252 g/mol. The van der Waals surface area contributed by atoms with Gasteiger partial charge in [0.1, 0.15) is 0 Å². The van der Waals surface area contributed by atoms with Gasteiger partial charge in [-0.1, -0.05) is 0 Å². The average Bonchev–Trinajstić information content (AvgIpc) is 2.58. The van der Waals surface area contributed by atoms with E-state index < -0.39 is 0 Å². The summed E-state index contributed by atoms with van der Waals surface area (Å²) in [4.78, 5) is 5.49. The lowest BCUT2D eigenvalue weighted by atomic mass is 9.85. The number of likely N-dealkylation sites (tertiary alicyclic amines) is 1. The molecule has 1 aromatic heterocycles. The van der Waals surface area contributed by atoms with Crippen LogP contribution in [0.4, 0.5) is 0 Å². The fraction of sp³-hybridized carbons (Fsp3) is 0.714. The van der Waals surface area contributed by atoms with Crippen LogP contribution in [0.1, 0.15) is 34.2 Å². The third-order valence-corrected chi connectivity index (χ3v) is 4.85. The highest BCUT2D eigenvalue weighted by Gasteiger charge is 2.31. The SMILES string of the molecule is CNCC1CCCN(C)C1c1cc(C)sc1C. The van der Waals surface area contributed by atoms with E-state index in [9.17, 15) is 0 Å². The standard InChI is InChI=1S/C14H24N2S/c1-10-8-13(11(2)17-10)14-12(9-15-3)6-5-7-16(14)4/h8,12,14-15H,5-7,9H2,1-4H3. The molecule has 0 amide bonds. The first kappa shape index (κ1) is 13.1. The Morgan fingerprint density at radius 3 is 2.82 bits per heavy atom. The molecule has 0 spiro atoms. The second kappa shape index (κ2) is 5.51. The van der Waals surface area contributed by atoms with Crippen molar-refractivity contribution in [2.45, 2.75) is 32.7 Å². The Hall–Kier alpha value is -0.380. The number of nitrogens with zero attached hydrogens (tertiary/aromatic N) is 1. The van der Waals surface area contributed by atoms with E-state index in [4.69, 9.17) is 0 Å². The van der Waals surface area contributed by atoms with Gasteiger partial charge in [-0.15, -0.1) is 11.3 Å². The zero-order valence-electron chi connectivity index (χ0n) is 11.4. The Kier molecular flexibility index (Phi) is 4.23. The van der Waals surface area contributed by atoms with Gasteiger partial charge in [0.05, 0.1) is 0 Å². The Bertz CT molecular complexity index is 370. The maximum atomic E-state index is 3.36. The molecule has 2 nitrogen and oxygen atoms in total. The molecule has 2 atom stereocenters. The van der Waals surface area contributed by atoms with Crippen molar-refractivity contribution in [3.63, 3.8) is 0 Å². The second-order valence-corrected chi connectivity index (χ2v) is 6.71. The van der Waals surface area contributed by atoms with Crippen molar-refractivity contribution < 1.29 is 0 Å². The number of hydrogen-bond acceptors (Lipinski definition) is 3. The predicted octanol–water partition coefficient (Wildman–Crippen LogP) is 2.97. The van der Waals surface area contributed by atoms with Crippen molar-refractivity contribution in [2.75, 3.05) is 27.2 Å². The minimum atomic E-state index is 0.612. The van der Waals surface area contributed by atoms with Crippen LogP contribution < -0.4 is 5.32 Å². The third-order valence-electron chi connectivity index (χ3n) is 3.87. The lowest BCUT2D eigenvalue weighted by molar-refractivity contribution is 0.121. The maximum absolute atomic E-state index is 3.36. The molecular formula is C14H24N2S. The molecule has 96 valence electrons. The van der Waals surface area contributed by atoms with Gasteiger partial charge in [0.2, 0.25) is 0 Å². The number of hydrogen-bond donors (Lipinski definition) is 1. The van der Waals surface area contributed by atoms with Crippen molar-refractivity contribution in [1.29, 1.82) is 0 Å². The van der Waals surface area contributed by atoms with Crippen LogP contribution in [0.2, 0.25) is 0 Å². The topological polar surface area (TPSA) is 15.3 Å². The van der Waals surface area contributed by atoms with E-state index in [1.807, 2.05) is 11.3 Å². The predicted molar refractivity (Wildman–Crippen MR) is 75.8 cm³/mol. The zero-order chi connectivity index (χ0) is 12.4. The number of aryl methyl sites for hydroxylation is 2. The molecule has 1 fully saturated rings. The summed E-state index contributed by atoms with van der Waals surface area (Å²) in [6.07, 6.45) is 2.69. The van der Waals surface area contributed by atoms with Crippen molar-refractivity contribution in [3.8, 4) is 0 Å². The molecule has 0 saturated carbocycles. The molecule has 2 rings (SSSR count). The van der Waals surface area contributed by atoms with Gasteiger partial charge in [-0.2, -0.15) is 0 Å². The molecule has 3 heteroatoms. The Labute approximate surface area is 109 Å². The maximum Gasteiger partial charge on any atom is 0.0396 e. The highest BCUT2D eigenvalue weighted by molar-refractivity contribution is 7.12. The quantitative estimate of drug-likeness (QED) is 0.890. The largest absolute Gasteiger partial charge is 0.319 e. The van der Waals surface area contributed by atoms with Crippen LogP contribution in [0.25, 0.3) is 0 Å². The first-order valence-electron chi connectivity index (χ1n) is 6.55. The van der Waals surface area contributed by atoms with Gasteiger partial charge in [-0.25, -0.2) is 0 Å². The van der Waals surface area contributed by atoms with Gasteiger partial charge in [0.15, 0.2) is 0 Å². The summed E-state index contributed by atoms with van der Waals surface area (Å²) in [7, 11) is 4.34. The van der Waals surface area contributed by atoms with Gasteiger partial charge < -0.3 is 5.32 Å². The molecular weight excluding hydrogens is 228 g/mol. The molecule has 2 heterocycles. The highest BCUT2D eigenvalue weighted by atomic mass is 32.1. The third kappa shape index (κ3) is 2.72. The van der Waals surface area contributed by atoms with E-state index in [-0.39, 0.29) is 0 Å². The van der Waals surface area contributed by atoms with Crippen molar-refractivity contribution in [1.82, 2.24) is 10.2 Å². The van der Waals surface area contributed by atoms with Gasteiger partial charge in [0.25, 0.3) is 0 Å². The summed E-state index contributed by atoms with van der Waals surface area (Å²) >= 11 is 1.94. The second-order valence-electron chi connectivity index (χ2n) is 5.25. The highest BCUT2D eigenvalue weighted by Crippen LogP contribution is 2.38. The first-order chi connectivity index (χ1) is 8.13. The van der Waals surface area contributed by atoms with E-state index in [2.05, 4.69) is 44.2 Å². The van der Waals surface area contributed by atoms with Crippen LogP contribution >= 0.6 is 11.3 Å². The summed E-state index contributed by atoms with van der Waals surface area (Å²) < 4.78 is 0. The summed E-state index contributed by atoms with van der Waals surface area (Å²) in [5.41, 5.74) is 1.56. The molecule has 0 aliphatic carbocycles. The smallest absolute Gasteiger partial charge is 0.0396 e. The van der Waals surface area contributed by atoms with Gasteiger partial charge in [-0.3, -0.25) is 4.90 Å². The first-order valence-corrected chi connectivity index (χ1v) is 7.37. The summed E-state index contributed by atoms with van der Waals surface area (Å²) in [5, 5.41) is 3.36. The van der Waals surface area contributed by atoms with Crippen LogP contribution in [-0.4, -0.2) is 32.1 Å². The summed E-state index contributed by atoms with van der Waals surface area (Å²) in [6, 6.07) is 3.01. The molecule has 0 bridgehead atoms. The van der Waals surface area contributed by atoms with Crippen molar-refractivity contribution in [2.24, 2.45) is 5.92 Å². The van der Waals surface area contributed by atoms with Crippen LogP contribution in [0, 0.1) is 19.8 Å². The molecule has 1 aliphatic heterocycles. The minimum absolute atomic E-state index is 0.612. The normalized spacial score (nSPS) is 26.4. The van der Waals surface area contributed by atoms with Crippen LogP contribution in [0.3, 0.4) is 0 Å². The molecule has 1 aliphatic rings. The van der Waals surface area contributed by atoms with Crippen LogP contribution in [0.5, 0.6) is 0 Å². The summed E-state index contributed by atoms with van der Waals surface area (Å²) in [6.45, 7) is 6.85. The molecule has 0 radical (unpaired) electrons. The number of thiophene rings is 1. The Morgan fingerprint density at radius 2 is 2.24 bits per heavy atom. The number of nitrogens with one attached hydrogen (secondary N) is 1. The molecule has 2 unspecified atom stereocenters. The minimum Gasteiger partial charge on any atom is -0.319 e. The lowest BCUT2D eigenvalue weighted by Crippen LogP contribution is -2.40. The summed E-state index contributed by atoms with van der Waals surface area (Å²) in [5.74, 6) is 0.756. The fourth-order valence-corrected chi connectivity index (χ4v) is 4.14. The number of rotatable bonds is 3. The van der Waals surface area contributed by atoms with Crippen molar-refractivity contribution in [3.05, 3.63) is 21.4 Å². The molecule has 1 aromatic rings. The van der Waals surface area contributed by atoms with E-state index in [0.29, 0.717) is 6.04 Å². The van der Waals surface area contributed by atoms with E-state index in [1.54, 1.807) is 5.56 Å².